The number of carbonyl (C=O) groups is 3. The minimum absolute atomic E-state index is 0.0426. The molecule has 2 aromatic heterocycles. The second-order valence-corrected chi connectivity index (χ2v) is 7.32. The zero-order valence-electron chi connectivity index (χ0n) is 18.7. The van der Waals surface area contributed by atoms with Gasteiger partial charge in [0.15, 0.2) is 35.2 Å². The fourth-order valence-corrected chi connectivity index (χ4v) is 2.43. The lowest BCUT2D eigenvalue weighted by molar-refractivity contribution is -0.139. The quantitative estimate of drug-likeness (QED) is 0.426. The van der Waals surface area contributed by atoms with E-state index >= 15 is 0 Å². The number of carboxylic acid groups (broad SMARTS) is 1. The molecule has 2 amide bonds. The maximum absolute atomic E-state index is 11.6. The zero-order valence-corrected chi connectivity index (χ0v) is 20.2. The number of nitrogens with zero attached hydrogens (tertiary/aromatic N) is 4. The molecule has 0 aliphatic rings. The molecule has 180 valence electrons. The van der Waals surface area contributed by atoms with Gasteiger partial charge in [0.25, 0.3) is 11.8 Å². The van der Waals surface area contributed by atoms with Crippen LogP contribution in [0.4, 0.5) is 0 Å². The van der Waals surface area contributed by atoms with Crippen LogP contribution in [0.25, 0.3) is 0 Å². The summed E-state index contributed by atoms with van der Waals surface area (Å²) < 4.78 is 14.7. The summed E-state index contributed by atoms with van der Waals surface area (Å²) in [4.78, 5) is 44.0. The fourth-order valence-electron chi connectivity index (χ4n) is 2.02. The normalized spacial score (nSPS) is 9.91. The van der Waals surface area contributed by atoms with Crippen LogP contribution in [0.3, 0.4) is 0 Å². The van der Waals surface area contributed by atoms with Gasteiger partial charge in [0, 0.05) is 35.3 Å². The third-order valence-electron chi connectivity index (χ3n) is 3.56. The van der Waals surface area contributed by atoms with Gasteiger partial charge in [0.1, 0.15) is 11.4 Å². The van der Waals surface area contributed by atoms with Crippen LogP contribution in [-0.4, -0.2) is 91.4 Å². The molecule has 0 aromatic carbocycles. The Balaban J connectivity index is 0.000000331. The molecule has 0 spiro atoms. The number of halogens is 2. The first-order valence-electron chi connectivity index (χ1n) is 9.20. The number of rotatable bonds is 8. The van der Waals surface area contributed by atoms with E-state index in [0.29, 0.717) is 5.75 Å². The van der Waals surface area contributed by atoms with Gasteiger partial charge in [-0.2, -0.15) is 0 Å². The van der Waals surface area contributed by atoms with Crippen molar-refractivity contribution < 1.29 is 33.7 Å². The molecule has 0 aliphatic carbocycles. The number of ether oxygens (including phenoxy) is 3. The van der Waals surface area contributed by atoms with Crippen molar-refractivity contribution in [1.82, 2.24) is 19.8 Å². The molecule has 0 radical (unpaired) electrons. The summed E-state index contributed by atoms with van der Waals surface area (Å²) in [6.45, 7) is -0.426. The maximum atomic E-state index is 11.6. The molecular weight excluding hydrogens is 479 g/mol. The third kappa shape index (κ3) is 9.08. The SMILES string of the molecule is CN(C)C(=O)c1ccc(OCC(=O)O)c(Cl)n1.COCOc1ccc(C(=O)N(C)C)nc1Cl. The van der Waals surface area contributed by atoms with E-state index < -0.39 is 12.6 Å². The molecule has 11 nitrogen and oxygen atoms in total. The number of hydrogen-bond donors (Lipinski definition) is 1. The summed E-state index contributed by atoms with van der Waals surface area (Å²) in [5.41, 5.74) is 0.447. The van der Waals surface area contributed by atoms with Gasteiger partial charge < -0.3 is 29.1 Å². The number of aromatic nitrogens is 2. The molecule has 33 heavy (non-hydrogen) atoms. The van der Waals surface area contributed by atoms with E-state index in [0.717, 1.165) is 0 Å². The summed E-state index contributed by atoms with van der Waals surface area (Å²) >= 11 is 11.6. The summed E-state index contributed by atoms with van der Waals surface area (Å²) in [5, 5.41) is 8.53. The Labute approximate surface area is 200 Å². The number of carboxylic acids is 1. The Morgan fingerprint density at radius 2 is 1.27 bits per heavy atom. The van der Waals surface area contributed by atoms with Crippen LogP contribution in [0, 0.1) is 0 Å². The summed E-state index contributed by atoms with van der Waals surface area (Å²) in [6.07, 6.45) is 0. The molecule has 0 unspecified atom stereocenters. The Morgan fingerprint density at radius 1 is 0.848 bits per heavy atom. The van der Waals surface area contributed by atoms with Gasteiger partial charge >= 0.3 is 5.97 Å². The van der Waals surface area contributed by atoms with Crippen LogP contribution in [0.15, 0.2) is 24.3 Å². The van der Waals surface area contributed by atoms with Crippen molar-refractivity contribution in [3.05, 3.63) is 46.0 Å². The highest BCUT2D eigenvalue weighted by Gasteiger charge is 2.14. The molecule has 0 aliphatic heterocycles. The number of amides is 2. The molecule has 2 aromatic rings. The average Bonchev–Trinajstić information content (AvgIpc) is 2.76. The Kier molecular flexibility index (Phi) is 11.3. The molecule has 0 atom stereocenters. The second kappa shape index (κ2) is 13.4. The summed E-state index contributed by atoms with van der Waals surface area (Å²) in [7, 11) is 7.98. The standard InChI is InChI=1S/C10H11ClN2O4.C10H13ClN2O3/c1-13(2)10(16)6-3-4-7(9(11)12-6)17-5-8(14)15;1-13(2)10(14)7-4-5-8(9(11)12-7)16-6-15-3/h3-4H,5H2,1-2H3,(H,14,15);4-5H,6H2,1-3H3. The zero-order chi connectivity index (χ0) is 25.1. The molecule has 0 saturated carbocycles. The highest BCUT2D eigenvalue weighted by molar-refractivity contribution is 6.31. The molecule has 0 saturated heterocycles. The van der Waals surface area contributed by atoms with Crippen LogP contribution in [0.1, 0.15) is 21.0 Å². The molecule has 0 bridgehead atoms. The van der Waals surface area contributed by atoms with Crippen LogP contribution in [0.5, 0.6) is 11.5 Å². The van der Waals surface area contributed by atoms with E-state index in [4.69, 9.17) is 42.5 Å². The lowest BCUT2D eigenvalue weighted by Gasteiger charge is -2.11. The smallest absolute Gasteiger partial charge is 0.341 e. The average molecular weight is 503 g/mol. The Bertz CT molecular complexity index is 987. The van der Waals surface area contributed by atoms with E-state index in [1.54, 1.807) is 40.3 Å². The van der Waals surface area contributed by atoms with E-state index in [2.05, 4.69) is 9.97 Å². The topological polar surface area (TPSA) is 131 Å². The van der Waals surface area contributed by atoms with Gasteiger partial charge in [-0.1, -0.05) is 23.2 Å². The number of carbonyl (C=O) groups excluding carboxylic acids is 2. The van der Waals surface area contributed by atoms with E-state index in [1.165, 1.54) is 29.0 Å². The van der Waals surface area contributed by atoms with Crippen molar-refractivity contribution in [1.29, 1.82) is 0 Å². The van der Waals surface area contributed by atoms with Gasteiger partial charge in [-0.25, -0.2) is 14.8 Å². The second-order valence-electron chi connectivity index (χ2n) is 6.60. The van der Waals surface area contributed by atoms with Crippen LogP contribution in [-0.2, 0) is 9.53 Å². The minimum Gasteiger partial charge on any atom is -0.479 e. The maximum Gasteiger partial charge on any atom is 0.341 e. The van der Waals surface area contributed by atoms with Crippen LogP contribution >= 0.6 is 23.2 Å². The van der Waals surface area contributed by atoms with Gasteiger partial charge in [-0.05, 0) is 24.3 Å². The first kappa shape index (κ1) is 27.9. The number of aliphatic carboxylic acids is 1. The van der Waals surface area contributed by atoms with Crippen LogP contribution < -0.4 is 9.47 Å². The van der Waals surface area contributed by atoms with Crippen molar-refractivity contribution in [3.8, 4) is 11.5 Å². The highest BCUT2D eigenvalue weighted by atomic mass is 35.5. The van der Waals surface area contributed by atoms with Crippen molar-refractivity contribution in [2.24, 2.45) is 0 Å². The van der Waals surface area contributed by atoms with Gasteiger partial charge in [0.05, 0.1) is 0 Å². The van der Waals surface area contributed by atoms with E-state index in [9.17, 15) is 14.4 Å². The van der Waals surface area contributed by atoms with Crippen molar-refractivity contribution in [2.45, 2.75) is 0 Å². The lowest BCUT2D eigenvalue weighted by Crippen LogP contribution is -2.22. The summed E-state index contributed by atoms with van der Waals surface area (Å²) in [6, 6.07) is 5.98. The third-order valence-corrected chi connectivity index (χ3v) is 4.10. The van der Waals surface area contributed by atoms with Crippen molar-refractivity contribution in [3.63, 3.8) is 0 Å². The van der Waals surface area contributed by atoms with Crippen molar-refractivity contribution in [2.75, 3.05) is 48.7 Å². The largest absolute Gasteiger partial charge is 0.479 e. The van der Waals surface area contributed by atoms with Crippen LogP contribution in [0.2, 0.25) is 10.3 Å². The Hall–Kier alpha value is -3.15. The fraction of sp³-hybridized carbons (Fsp3) is 0.350. The molecule has 2 heterocycles. The first-order chi connectivity index (χ1) is 15.5. The first-order valence-corrected chi connectivity index (χ1v) is 9.96. The van der Waals surface area contributed by atoms with Gasteiger partial charge in [0.2, 0.25) is 0 Å². The molecule has 13 heteroatoms. The number of methoxy groups -OCH3 is 1. The predicted octanol–water partition coefficient (Wildman–Crippen LogP) is 2.32. The Morgan fingerprint density at radius 3 is 1.61 bits per heavy atom. The van der Waals surface area contributed by atoms with E-state index in [-0.39, 0.29) is 46.1 Å². The monoisotopic (exact) mass is 502 g/mol. The molecule has 0 fully saturated rings. The number of pyridine rings is 2. The minimum atomic E-state index is -1.12. The lowest BCUT2D eigenvalue weighted by atomic mass is 10.3. The van der Waals surface area contributed by atoms with Gasteiger partial charge in [-0.3, -0.25) is 9.59 Å². The van der Waals surface area contributed by atoms with Gasteiger partial charge in [-0.15, -0.1) is 0 Å². The number of hydrogen-bond acceptors (Lipinski definition) is 8. The molecule has 2 rings (SSSR count). The molecular formula is C20H24Cl2N4O7. The highest BCUT2D eigenvalue weighted by Crippen LogP contribution is 2.23. The summed E-state index contributed by atoms with van der Waals surface area (Å²) in [5.74, 6) is -1.10. The van der Waals surface area contributed by atoms with E-state index in [1.807, 2.05) is 0 Å². The predicted molar refractivity (Wildman–Crippen MR) is 120 cm³/mol. The van der Waals surface area contributed by atoms with Crippen molar-refractivity contribution >= 4 is 41.0 Å². The molecule has 1 N–H and O–H groups in total.